The van der Waals surface area contributed by atoms with Crippen molar-refractivity contribution in [3.05, 3.63) is 29.8 Å². The zero-order valence-electron chi connectivity index (χ0n) is 15.2. The largest absolute Gasteiger partial charge is 0.370 e. The first-order valence-corrected chi connectivity index (χ1v) is 11.4. The Hall–Kier alpha value is -2.31. The van der Waals surface area contributed by atoms with E-state index >= 15 is 0 Å². The molecule has 0 atom stereocenters. The number of aromatic nitrogens is 2. The van der Waals surface area contributed by atoms with E-state index in [-0.39, 0.29) is 23.3 Å². The minimum Gasteiger partial charge on any atom is -0.370 e. The fourth-order valence-corrected chi connectivity index (χ4v) is 3.80. The van der Waals surface area contributed by atoms with Crippen molar-refractivity contribution in [1.82, 2.24) is 14.1 Å². The Morgan fingerprint density at radius 3 is 2.71 bits per heavy atom. The summed E-state index contributed by atoms with van der Waals surface area (Å²) in [5.74, 6) is -0.111. The summed E-state index contributed by atoms with van der Waals surface area (Å²) in [5, 5.41) is 5.50. The van der Waals surface area contributed by atoms with Gasteiger partial charge in [-0.15, -0.1) is 0 Å². The molecule has 1 fully saturated rings. The van der Waals surface area contributed by atoms with Crippen molar-refractivity contribution in [1.29, 1.82) is 0 Å². The van der Waals surface area contributed by atoms with Crippen LogP contribution in [0.1, 0.15) is 25.1 Å². The molecule has 12 heteroatoms. The average Bonchev–Trinajstić information content (AvgIpc) is 3.09. The second-order valence-corrected chi connectivity index (χ2v) is 8.98. The number of carbonyl (C=O) groups is 1. The zero-order chi connectivity index (χ0) is 20.1. The number of rotatable bonds is 6. The number of anilines is 3. The highest BCUT2D eigenvalue weighted by Gasteiger charge is 2.17. The third-order valence-corrected chi connectivity index (χ3v) is 5.42. The number of nitrogens with zero attached hydrogens (tertiary/aromatic N) is 3. The first-order chi connectivity index (χ1) is 13.3. The molecule has 3 rings (SSSR count). The topological polar surface area (TPSA) is 116 Å². The van der Waals surface area contributed by atoms with Crippen LogP contribution in [0.5, 0.6) is 0 Å². The van der Waals surface area contributed by atoms with E-state index in [9.17, 15) is 17.6 Å². The van der Waals surface area contributed by atoms with Crippen LogP contribution in [0.3, 0.4) is 0 Å². The van der Waals surface area contributed by atoms with E-state index in [1.165, 1.54) is 18.2 Å². The van der Waals surface area contributed by atoms with E-state index in [0.717, 1.165) is 50.1 Å². The van der Waals surface area contributed by atoms with Gasteiger partial charge in [-0.25, -0.2) is 27.3 Å². The van der Waals surface area contributed by atoms with E-state index in [2.05, 4.69) is 29.6 Å². The van der Waals surface area contributed by atoms with Crippen molar-refractivity contribution in [3.63, 3.8) is 0 Å². The zero-order valence-corrected chi connectivity index (χ0v) is 16.9. The van der Waals surface area contributed by atoms with Crippen molar-refractivity contribution in [2.24, 2.45) is 0 Å². The minimum absolute atomic E-state index is 0.0598. The standard InChI is InChI=1S/C16H21FN6O3S2/c1-28(25,26)18-10-14-20-16(27-22-14)21-15(24)19-12-6-5-11(17)9-13(12)23-7-3-2-4-8-23/h5-6,9,18H,2-4,7-8,10H2,1H3,(H2,19,20,21,22,24). The van der Waals surface area contributed by atoms with Gasteiger partial charge in [0.05, 0.1) is 24.2 Å². The summed E-state index contributed by atoms with van der Waals surface area (Å²) in [6, 6.07) is 3.70. The first-order valence-electron chi connectivity index (χ1n) is 8.70. The molecular formula is C16H21FN6O3S2. The lowest BCUT2D eigenvalue weighted by Gasteiger charge is -2.30. The molecule has 0 unspecified atom stereocenters. The Morgan fingerprint density at radius 2 is 2.00 bits per heavy atom. The summed E-state index contributed by atoms with van der Waals surface area (Å²) in [4.78, 5) is 18.4. The van der Waals surface area contributed by atoms with Crippen LogP contribution in [0.2, 0.25) is 0 Å². The molecule has 9 nitrogen and oxygen atoms in total. The number of urea groups is 1. The van der Waals surface area contributed by atoms with E-state index in [4.69, 9.17) is 0 Å². The van der Waals surface area contributed by atoms with Gasteiger partial charge in [0.15, 0.2) is 5.82 Å². The van der Waals surface area contributed by atoms with Crippen LogP contribution in [-0.2, 0) is 16.6 Å². The van der Waals surface area contributed by atoms with E-state index in [1.54, 1.807) is 0 Å². The van der Waals surface area contributed by atoms with Crippen molar-refractivity contribution >= 4 is 44.1 Å². The van der Waals surface area contributed by atoms with Gasteiger partial charge >= 0.3 is 6.03 Å². The van der Waals surface area contributed by atoms with Gasteiger partial charge in [-0.05, 0) is 37.5 Å². The number of hydrogen-bond acceptors (Lipinski definition) is 7. The first kappa shape index (κ1) is 20.4. The predicted molar refractivity (Wildman–Crippen MR) is 107 cm³/mol. The summed E-state index contributed by atoms with van der Waals surface area (Å²) >= 11 is 0.935. The molecule has 0 saturated carbocycles. The number of sulfonamides is 1. The monoisotopic (exact) mass is 428 g/mol. The maximum atomic E-state index is 13.7. The minimum atomic E-state index is -3.36. The molecule has 1 aliphatic heterocycles. The van der Waals surface area contributed by atoms with Crippen molar-refractivity contribution in [2.45, 2.75) is 25.8 Å². The van der Waals surface area contributed by atoms with Gasteiger partial charge in [-0.1, -0.05) is 0 Å². The number of hydrogen-bond donors (Lipinski definition) is 3. The van der Waals surface area contributed by atoms with Gasteiger partial charge < -0.3 is 10.2 Å². The van der Waals surface area contributed by atoms with Crippen LogP contribution < -0.4 is 20.3 Å². The highest BCUT2D eigenvalue weighted by atomic mass is 32.2. The maximum absolute atomic E-state index is 13.7. The molecule has 2 heterocycles. The normalized spacial score (nSPS) is 14.7. The van der Waals surface area contributed by atoms with Gasteiger partial charge in [-0.3, -0.25) is 5.32 Å². The van der Waals surface area contributed by atoms with E-state index in [0.29, 0.717) is 11.4 Å². The quantitative estimate of drug-likeness (QED) is 0.650. The van der Waals surface area contributed by atoms with Gasteiger partial charge in [0.1, 0.15) is 5.82 Å². The summed E-state index contributed by atoms with van der Waals surface area (Å²) < 4.78 is 42.2. The molecule has 0 aliphatic carbocycles. The summed E-state index contributed by atoms with van der Waals surface area (Å²) in [6.07, 6.45) is 4.23. The number of piperidine rings is 1. The van der Waals surface area contributed by atoms with Crippen LogP contribution >= 0.6 is 11.5 Å². The van der Waals surface area contributed by atoms with Crippen molar-refractivity contribution in [2.75, 3.05) is 34.9 Å². The van der Waals surface area contributed by atoms with Crippen LogP contribution in [0, 0.1) is 5.82 Å². The van der Waals surface area contributed by atoms with Crippen LogP contribution in [0.25, 0.3) is 0 Å². The lowest BCUT2D eigenvalue weighted by molar-refractivity contribution is 0.262. The molecule has 1 saturated heterocycles. The summed E-state index contributed by atoms with van der Waals surface area (Å²) in [7, 11) is -3.36. The maximum Gasteiger partial charge on any atom is 0.325 e. The Labute approximate surface area is 166 Å². The van der Waals surface area contributed by atoms with Crippen LogP contribution in [0.4, 0.5) is 25.7 Å². The SMILES string of the molecule is CS(=O)(=O)NCc1nsc(NC(=O)Nc2ccc(F)cc2N2CCCCC2)n1. The fraction of sp³-hybridized carbons (Fsp3) is 0.438. The number of amides is 2. The molecule has 0 spiro atoms. The molecule has 1 aromatic heterocycles. The lowest BCUT2D eigenvalue weighted by Crippen LogP contribution is -2.31. The highest BCUT2D eigenvalue weighted by molar-refractivity contribution is 7.88. The van der Waals surface area contributed by atoms with E-state index < -0.39 is 16.1 Å². The second kappa shape index (κ2) is 8.80. The van der Waals surface area contributed by atoms with Crippen molar-refractivity contribution < 1.29 is 17.6 Å². The second-order valence-electron chi connectivity index (χ2n) is 6.40. The number of nitrogens with one attached hydrogen (secondary N) is 3. The molecule has 2 aromatic rings. The van der Waals surface area contributed by atoms with Gasteiger partial charge in [0.2, 0.25) is 15.2 Å². The van der Waals surface area contributed by atoms with Crippen molar-refractivity contribution in [3.8, 4) is 0 Å². The third kappa shape index (κ3) is 5.84. The Bertz CT molecular complexity index is 944. The number of carbonyl (C=O) groups excluding carboxylic acids is 1. The predicted octanol–water partition coefficient (Wildman–Crippen LogP) is 2.36. The molecule has 1 aromatic carbocycles. The highest BCUT2D eigenvalue weighted by Crippen LogP contribution is 2.29. The van der Waals surface area contributed by atoms with E-state index in [1.807, 2.05) is 0 Å². The molecule has 1 aliphatic rings. The number of halogens is 1. The smallest absolute Gasteiger partial charge is 0.325 e. The lowest BCUT2D eigenvalue weighted by atomic mass is 10.1. The summed E-state index contributed by atoms with van der Waals surface area (Å²) in [5.41, 5.74) is 1.15. The number of benzene rings is 1. The fourth-order valence-electron chi connectivity index (χ4n) is 2.83. The average molecular weight is 429 g/mol. The molecule has 0 radical (unpaired) electrons. The van der Waals surface area contributed by atoms with Gasteiger partial charge in [-0.2, -0.15) is 4.37 Å². The molecule has 152 valence electrons. The third-order valence-electron chi connectivity index (χ3n) is 4.09. The molecule has 28 heavy (non-hydrogen) atoms. The Balaban J connectivity index is 1.64. The van der Waals surface area contributed by atoms with Gasteiger partial charge in [0, 0.05) is 24.6 Å². The van der Waals surface area contributed by atoms with Crippen LogP contribution in [0.15, 0.2) is 18.2 Å². The Morgan fingerprint density at radius 1 is 1.25 bits per heavy atom. The molecule has 0 bridgehead atoms. The molecular weight excluding hydrogens is 407 g/mol. The molecule has 2 amide bonds. The Kier molecular flexibility index (Phi) is 6.42. The summed E-state index contributed by atoms with van der Waals surface area (Å²) in [6.45, 7) is 1.56. The van der Waals surface area contributed by atoms with Crippen LogP contribution in [-0.4, -0.2) is 43.2 Å². The van der Waals surface area contributed by atoms with Gasteiger partial charge in [0.25, 0.3) is 0 Å². The molecule has 3 N–H and O–H groups in total.